The number of rotatable bonds is 4. The first-order valence-corrected chi connectivity index (χ1v) is 7.31. The van der Waals surface area contributed by atoms with Gasteiger partial charge in [-0.25, -0.2) is 17.2 Å². The molecule has 9 heteroatoms. The summed E-state index contributed by atoms with van der Waals surface area (Å²) in [7, 11) is -3.64. The van der Waals surface area contributed by atoms with Gasteiger partial charge in [0, 0.05) is 0 Å². The van der Waals surface area contributed by atoms with Gasteiger partial charge in [0.05, 0.1) is 0 Å². The lowest BCUT2D eigenvalue weighted by molar-refractivity contribution is 0.136. The fourth-order valence-electron chi connectivity index (χ4n) is 1.32. The van der Waals surface area contributed by atoms with E-state index in [1.807, 2.05) is 0 Å². The SMILES string of the molecule is Cc1ccsc1S(=O)(=O)Cc1nc(C(F)F)no1. The van der Waals surface area contributed by atoms with Gasteiger partial charge in [-0.15, -0.1) is 11.3 Å². The summed E-state index contributed by atoms with van der Waals surface area (Å²) in [6.45, 7) is 1.65. The van der Waals surface area contributed by atoms with Crippen molar-refractivity contribution < 1.29 is 21.7 Å². The number of thiophene rings is 1. The van der Waals surface area contributed by atoms with E-state index in [1.54, 1.807) is 18.4 Å². The third-order valence-corrected chi connectivity index (χ3v) is 5.46. The molecule has 0 saturated heterocycles. The Labute approximate surface area is 105 Å². The molecular formula is C9H8F2N2O3S2. The minimum atomic E-state index is -3.64. The number of halogens is 2. The van der Waals surface area contributed by atoms with Crippen molar-refractivity contribution in [2.45, 2.75) is 23.3 Å². The molecule has 5 nitrogen and oxygen atoms in total. The second kappa shape index (κ2) is 4.73. The molecule has 0 N–H and O–H groups in total. The highest BCUT2D eigenvalue weighted by Crippen LogP contribution is 2.25. The molecule has 0 saturated carbocycles. The van der Waals surface area contributed by atoms with Crippen LogP contribution in [0.5, 0.6) is 0 Å². The maximum Gasteiger partial charge on any atom is 0.300 e. The molecule has 0 aromatic carbocycles. The highest BCUT2D eigenvalue weighted by Gasteiger charge is 2.24. The summed E-state index contributed by atoms with van der Waals surface area (Å²) in [5, 5.41) is 4.65. The van der Waals surface area contributed by atoms with E-state index in [2.05, 4.69) is 14.7 Å². The summed E-state index contributed by atoms with van der Waals surface area (Å²) in [5.41, 5.74) is 0.605. The van der Waals surface area contributed by atoms with Gasteiger partial charge in [-0.1, -0.05) is 5.16 Å². The van der Waals surface area contributed by atoms with Gasteiger partial charge in [-0.05, 0) is 23.9 Å². The van der Waals surface area contributed by atoms with E-state index in [1.165, 1.54) is 0 Å². The van der Waals surface area contributed by atoms with Crippen LogP contribution in [0, 0.1) is 6.92 Å². The van der Waals surface area contributed by atoms with Crippen LogP contribution in [0.25, 0.3) is 0 Å². The van der Waals surface area contributed by atoms with E-state index < -0.39 is 27.8 Å². The van der Waals surface area contributed by atoms with Crippen molar-refractivity contribution >= 4 is 21.2 Å². The molecule has 2 heterocycles. The minimum absolute atomic E-state index is 0.180. The van der Waals surface area contributed by atoms with Crippen molar-refractivity contribution in [3.63, 3.8) is 0 Å². The topological polar surface area (TPSA) is 73.1 Å². The number of sulfone groups is 1. The Morgan fingerprint density at radius 3 is 2.72 bits per heavy atom. The van der Waals surface area contributed by atoms with Crippen LogP contribution >= 0.6 is 11.3 Å². The molecule has 0 fully saturated rings. The van der Waals surface area contributed by atoms with Gasteiger partial charge in [-0.3, -0.25) is 0 Å². The highest BCUT2D eigenvalue weighted by molar-refractivity contribution is 7.92. The van der Waals surface area contributed by atoms with Crippen LogP contribution in [0.1, 0.15) is 23.7 Å². The summed E-state index contributed by atoms with van der Waals surface area (Å²) < 4.78 is 53.0. The molecule has 0 spiro atoms. The van der Waals surface area contributed by atoms with Crippen LogP contribution in [0.3, 0.4) is 0 Å². The maximum atomic E-state index is 12.2. The Kier molecular flexibility index (Phi) is 3.44. The summed E-state index contributed by atoms with van der Waals surface area (Å²) >= 11 is 1.06. The number of alkyl halides is 2. The first-order valence-electron chi connectivity index (χ1n) is 4.77. The minimum Gasteiger partial charge on any atom is -0.338 e. The van der Waals surface area contributed by atoms with E-state index >= 15 is 0 Å². The fraction of sp³-hybridized carbons (Fsp3) is 0.333. The Hall–Kier alpha value is -1.35. The molecular weight excluding hydrogens is 286 g/mol. The standard InChI is InChI=1S/C9H8F2N2O3S2/c1-5-2-3-17-9(5)18(14,15)4-6-12-8(7(10)11)13-16-6/h2-3,7H,4H2,1H3. The van der Waals surface area contributed by atoms with Gasteiger partial charge in [-0.2, -0.15) is 4.98 Å². The summed E-state index contributed by atoms with van der Waals surface area (Å²) in [6.07, 6.45) is -2.88. The van der Waals surface area contributed by atoms with Crippen molar-refractivity contribution in [1.29, 1.82) is 0 Å². The van der Waals surface area contributed by atoms with Crippen molar-refractivity contribution in [3.05, 3.63) is 28.7 Å². The molecule has 0 unspecified atom stereocenters. The van der Waals surface area contributed by atoms with Gasteiger partial charge >= 0.3 is 6.43 Å². The normalized spacial score (nSPS) is 12.2. The number of aromatic nitrogens is 2. The van der Waals surface area contributed by atoms with Crippen LogP contribution < -0.4 is 0 Å². The number of aryl methyl sites for hydroxylation is 1. The van der Waals surface area contributed by atoms with Gasteiger partial charge in [0.2, 0.25) is 11.7 Å². The van der Waals surface area contributed by atoms with Crippen molar-refractivity contribution in [2.24, 2.45) is 0 Å². The lowest BCUT2D eigenvalue weighted by atomic mass is 10.4. The lowest BCUT2D eigenvalue weighted by Gasteiger charge is -1.99. The second-order valence-electron chi connectivity index (χ2n) is 3.50. The van der Waals surface area contributed by atoms with Crippen LogP contribution in [-0.4, -0.2) is 18.6 Å². The van der Waals surface area contributed by atoms with Gasteiger partial charge in [0.25, 0.3) is 0 Å². The smallest absolute Gasteiger partial charge is 0.300 e. The Balaban J connectivity index is 2.25. The quantitative estimate of drug-likeness (QED) is 0.865. The Morgan fingerprint density at radius 2 is 2.22 bits per heavy atom. The average molecular weight is 294 g/mol. The maximum absolute atomic E-state index is 12.2. The monoisotopic (exact) mass is 294 g/mol. The van der Waals surface area contributed by atoms with E-state index in [-0.39, 0.29) is 10.1 Å². The molecule has 0 bridgehead atoms. The van der Waals surface area contributed by atoms with E-state index in [4.69, 9.17) is 0 Å². The van der Waals surface area contributed by atoms with Crippen molar-refractivity contribution in [2.75, 3.05) is 0 Å². The molecule has 0 atom stereocenters. The van der Waals surface area contributed by atoms with E-state index in [0.29, 0.717) is 5.56 Å². The van der Waals surface area contributed by atoms with E-state index in [0.717, 1.165) is 11.3 Å². The summed E-state index contributed by atoms with van der Waals surface area (Å²) in [5.74, 6) is -1.71. The zero-order valence-corrected chi connectivity index (χ0v) is 10.8. The molecule has 98 valence electrons. The van der Waals surface area contributed by atoms with Crippen LogP contribution in [0.2, 0.25) is 0 Å². The molecule has 0 aliphatic carbocycles. The lowest BCUT2D eigenvalue weighted by Crippen LogP contribution is -2.04. The molecule has 0 radical (unpaired) electrons. The van der Waals surface area contributed by atoms with Gasteiger partial charge in [0.1, 0.15) is 9.96 Å². The molecule has 2 aromatic rings. The third kappa shape index (κ3) is 2.56. The van der Waals surface area contributed by atoms with Crippen LogP contribution in [0.4, 0.5) is 8.78 Å². The first-order chi connectivity index (χ1) is 8.40. The molecule has 2 aromatic heterocycles. The summed E-state index contributed by atoms with van der Waals surface area (Å²) in [6, 6.07) is 1.66. The van der Waals surface area contributed by atoms with Gasteiger partial charge in [0.15, 0.2) is 9.84 Å². The second-order valence-corrected chi connectivity index (χ2v) is 6.60. The van der Waals surface area contributed by atoms with Crippen LogP contribution in [0.15, 0.2) is 20.2 Å². The predicted molar refractivity (Wildman–Crippen MR) is 59.2 cm³/mol. The van der Waals surface area contributed by atoms with Crippen molar-refractivity contribution in [3.8, 4) is 0 Å². The fourth-order valence-corrected chi connectivity index (χ4v) is 4.03. The molecule has 2 rings (SSSR count). The van der Waals surface area contributed by atoms with Crippen LogP contribution in [-0.2, 0) is 15.6 Å². The molecule has 0 amide bonds. The zero-order valence-electron chi connectivity index (χ0n) is 9.13. The van der Waals surface area contributed by atoms with Gasteiger partial charge < -0.3 is 4.52 Å². The number of hydrogen-bond donors (Lipinski definition) is 0. The number of hydrogen-bond acceptors (Lipinski definition) is 6. The molecule has 0 aliphatic rings. The summed E-state index contributed by atoms with van der Waals surface area (Å²) in [4.78, 5) is 3.33. The Bertz CT molecular complexity index is 648. The van der Waals surface area contributed by atoms with E-state index in [9.17, 15) is 17.2 Å². The number of nitrogens with zero attached hydrogens (tertiary/aromatic N) is 2. The third-order valence-electron chi connectivity index (χ3n) is 2.09. The Morgan fingerprint density at radius 1 is 1.50 bits per heavy atom. The molecule has 0 aliphatic heterocycles. The highest BCUT2D eigenvalue weighted by atomic mass is 32.2. The molecule has 18 heavy (non-hydrogen) atoms. The average Bonchev–Trinajstić information content (AvgIpc) is 2.86. The first kappa shape index (κ1) is 13.1. The zero-order chi connectivity index (χ0) is 13.3. The predicted octanol–water partition coefficient (Wildman–Crippen LogP) is 2.35. The largest absolute Gasteiger partial charge is 0.338 e. The van der Waals surface area contributed by atoms with Crippen molar-refractivity contribution in [1.82, 2.24) is 10.1 Å².